The molecule has 1 saturated heterocycles. The van der Waals surface area contributed by atoms with E-state index in [-0.39, 0.29) is 23.6 Å². The van der Waals surface area contributed by atoms with Crippen molar-refractivity contribution in [2.45, 2.75) is 90.7 Å². The zero-order valence-electron chi connectivity index (χ0n) is 24.0. The smallest absolute Gasteiger partial charge is 0.309 e. The highest BCUT2D eigenvalue weighted by Gasteiger charge is 2.27. The Morgan fingerprint density at radius 2 is 1.87 bits per heavy atom. The average molecular weight is 533 g/mol. The summed E-state index contributed by atoms with van der Waals surface area (Å²) in [6, 6.07) is 8.90. The summed E-state index contributed by atoms with van der Waals surface area (Å²) in [5.41, 5.74) is 4.87. The SMILES string of the molecule is Cc1cc(-c2nc3cc(CC[C@@H](CC(C)C)C(=O)OC4CCCC4)ccc3n2C2CCN(C)CC2)c[nH]c1=O. The van der Waals surface area contributed by atoms with E-state index in [2.05, 4.69) is 53.5 Å². The number of pyridine rings is 1. The van der Waals surface area contributed by atoms with Gasteiger partial charge in [-0.3, -0.25) is 9.59 Å². The molecule has 0 spiro atoms. The number of carbonyl (C=O) groups is 1. The van der Waals surface area contributed by atoms with Gasteiger partial charge in [-0.05, 0) is 115 Å². The molecule has 1 aliphatic heterocycles. The fourth-order valence-corrected chi connectivity index (χ4v) is 6.36. The number of benzene rings is 1. The molecule has 1 N–H and O–H groups in total. The summed E-state index contributed by atoms with van der Waals surface area (Å²) in [5.74, 6) is 1.27. The molecular weight excluding hydrogens is 488 g/mol. The van der Waals surface area contributed by atoms with Gasteiger partial charge in [-0.2, -0.15) is 0 Å². The molecule has 1 aliphatic carbocycles. The number of rotatable bonds is 9. The number of fused-ring (bicyclic) bond motifs is 1. The van der Waals surface area contributed by atoms with Gasteiger partial charge < -0.3 is 19.2 Å². The number of ether oxygens (including phenoxy) is 1. The molecule has 3 aromatic rings. The zero-order valence-corrected chi connectivity index (χ0v) is 24.0. The molecule has 0 amide bonds. The Morgan fingerprint density at radius 3 is 2.56 bits per heavy atom. The minimum atomic E-state index is -0.0715. The molecule has 3 heterocycles. The van der Waals surface area contributed by atoms with E-state index in [4.69, 9.17) is 9.72 Å². The number of imidazole rings is 1. The molecule has 0 bridgehead atoms. The third kappa shape index (κ3) is 6.46. The molecule has 0 unspecified atom stereocenters. The van der Waals surface area contributed by atoms with E-state index in [1.807, 2.05) is 13.0 Å². The monoisotopic (exact) mass is 532 g/mol. The maximum Gasteiger partial charge on any atom is 0.309 e. The van der Waals surface area contributed by atoms with E-state index in [0.29, 0.717) is 17.5 Å². The van der Waals surface area contributed by atoms with Gasteiger partial charge in [-0.25, -0.2) is 4.98 Å². The van der Waals surface area contributed by atoms with Crippen LogP contribution in [-0.4, -0.2) is 51.6 Å². The molecule has 2 aliphatic rings. The molecule has 0 radical (unpaired) electrons. The van der Waals surface area contributed by atoms with Crippen LogP contribution < -0.4 is 5.56 Å². The van der Waals surface area contributed by atoms with E-state index in [1.54, 1.807) is 6.20 Å². The number of aromatic nitrogens is 3. The number of H-pyrrole nitrogens is 1. The highest BCUT2D eigenvalue weighted by Crippen LogP contribution is 2.34. The largest absolute Gasteiger partial charge is 0.462 e. The second-order valence-electron chi connectivity index (χ2n) is 12.3. The molecule has 1 saturated carbocycles. The van der Waals surface area contributed by atoms with Gasteiger partial charge in [0.25, 0.3) is 5.56 Å². The van der Waals surface area contributed by atoms with Crippen molar-refractivity contribution in [3.63, 3.8) is 0 Å². The highest BCUT2D eigenvalue weighted by molar-refractivity contribution is 5.81. The van der Waals surface area contributed by atoms with Gasteiger partial charge in [0.05, 0.1) is 17.0 Å². The van der Waals surface area contributed by atoms with Crippen molar-refractivity contribution in [1.29, 1.82) is 0 Å². The number of hydrogen-bond donors (Lipinski definition) is 1. The second-order valence-corrected chi connectivity index (χ2v) is 12.3. The summed E-state index contributed by atoms with van der Waals surface area (Å²) in [6.07, 6.45) is 10.8. The quantitative estimate of drug-likeness (QED) is 0.340. The van der Waals surface area contributed by atoms with Crippen LogP contribution in [0.3, 0.4) is 0 Å². The van der Waals surface area contributed by atoms with Crippen LogP contribution in [0.5, 0.6) is 0 Å². The molecule has 1 atom stereocenters. The number of esters is 1. The molecule has 2 fully saturated rings. The topological polar surface area (TPSA) is 80.2 Å². The summed E-state index contributed by atoms with van der Waals surface area (Å²) < 4.78 is 8.30. The number of aryl methyl sites for hydroxylation is 2. The number of aromatic amines is 1. The number of likely N-dealkylation sites (tertiary alicyclic amines) is 1. The Kier molecular flexibility index (Phi) is 8.55. The van der Waals surface area contributed by atoms with Crippen molar-refractivity contribution >= 4 is 17.0 Å². The number of nitrogens with zero attached hydrogens (tertiary/aromatic N) is 3. The summed E-state index contributed by atoms with van der Waals surface area (Å²) in [4.78, 5) is 35.5. The number of carbonyl (C=O) groups excluding carboxylic acids is 1. The summed E-state index contributed by atoms with van der Waals surface area (Å²) in [5, 5.41) is 0. The third-order valence-electron chi connectivity index (χ3n) is 8.61. The lowest BCUT2D eigenvalue weighted by atomic mass is 9.91. The lowest BCUT2D eigenvalue weighted by Gasteiger charge is -2.31. The first-order valence-electron chi connectivity index (χ1n) is 14.9. The summed E-state index contributed by atoms with van der Waals surface area (Å²) in [7, 11) is 2.18. The van der Waals surface area contributed by atoms with Crippen molar-refractivity contribution in [2.24, 2.45) is 11.8 Å². The molecule has 5 rings (SSSR count). The van der Waals surface area contributed by atoms with E-state index in [0.717, 1.165) is 93.3 Å². The first-order valence-corrected chi connectivity index (χ1v) is 14.9. The first-order chi connectivity index (χ1) is 18.8. The van der Waals surface area contributed by atoms with E-state index in [1.165, 1.54) is 5.56 Å². The Hall–Kier alpha value is -2.93. The Balaban J connectivity index is 1.41. The summed E-state index contributed by atoms with van der Waals surface area (Å²) in [6.45, 7) is 8.31. The van der Waals surface area contributed by atoms with Gasteiger partial charge in [-0.15, -0.1) is 0 Å². The van der Waals surface area contributed by atoms with Crippen LogP contribution in [0.25, 0.3) is 22.4 Å². The highest BCUT2D eigenvalue weighted by atomic mass is 16.5. The van der Waals surface area contributed by atoms with Crippen LogP contribution in [0.4, 0.5) is 0 Å². The normalized spacial score (nSPS) is 18.3. The molecule has 39 heavy (non-hydrogen) atoms. The van der Waals surface area contributed by atoms with Crippen LogP contribution in [0.1, 0.15) is 82.4 Å². The maximum atomic E-state index is 13.1. The van der Waals surface area contributed by atoms with Crippen LogP contribution in [0.2, 0.25) is 0 Å². The predicted molar refractivity (Wildman–Crippen MR) is 156 cm³/mol. The van der Waals surface area contributed by atoms with E-state index >= 15 is 0 Å². The predicted octanol–water partition coefficient (Wildman–Crippen LogP) is 6.05. The van der Waals surface area contributed by atoms with Crippen LogP contribution >= 0.6 is 0 Å². The second kappa shape index (κ2) is 12.1. The van der Waals surface area contributed by atoms with Gasteiger partial charge in [-0.1, -0.05) is 19.9 Å². The lowest BCUT2D eigenvalue weighted by molar-refractivity contribution is -0.154. The van der Waals surface area contributed by atoms with Gasteiger partial charge in [0, 0.05) is 23.4 Å². The standard InChI is InChI=1S/C32H44N4O3/c1-21(2)17-24(32(38)39-27-7-5-6-8-27)11-9-23-10-12-29-28(19-23)34-30(25-18-22(3)31(37)33-20-25)36(29)26-13-15-35(4)16-14-26/h10,12,18-21,24,26-27H,5-9,11,13-17H2,1-4H3,(H,33,37)/t24-/m0/s1. The van der Waals surface area contributed by atoms with Gasteiger partial charge >= 0.3 is 5.97 Å². The fraction of sp³-hybridized carbons (Fsp3) is 0.594. The Bertz CT molecular complexity index is 1340. The Labute approximate surface area is 232 Å². The molecule has 7 nitrogen and oxygen atoms in total. The van der Waals surface area contributed by atoms with Crippen molar-refractivity contribution in [3.05, 3.63) is 51.9 Å². The van der Waals surface area contributed by atoms with E-state index < -0.39 is 0 Å². The number of hydrogen-bond acceptors (Lipinski definition) is 5. The summed E-state index contributed by atoms with van der Waals surface area (Å²) >= 11 is 0. The van der Waals surface area contributed by atoms with Gasteiger partial charge in [0.2, 0.25) is 0 Å². The minimum absolute atomic E-state index is 0.0149. The third-order valence-corrected chi connectivity index (χ3v) is 8.61. The van der Waals surface area contributed by atoms with Gasteiger partial charge in [0.15, 0.2) is 0 Å². The zero-order chi connectivity index (χ0) is 27.5. The molecule has 7 heteroatoms. The maximum absolute atomic E-state index is 13.1. The van der Waals surface area contributed by atoms with Gasteiger partial charge in [0.1, 0.15) is 11.9 Å². The molecule has 2 aromatic heterocycles. The lowest BCUT2D eigenvalue weighted by Crippen LogP contribution is -2.31. The first kappa shape index (κ1) is 27.6. The average Bonchev–Trinajstić information content (AvgIpc) is 3.56. The fourth-order valence-electron chi connectivity index (χ4n) is 6.36. The molecule has 1 aromatic carbocycles. The molecule has 210 valence electrons. The van der Waals surface area contributed by atoms with Crippen LogP contribution in [-0.2, 0) is 16.0 Å². The number of nitrogens with one attached hydrogen (secondary N) is 1. The van der Waals surface area contributed by atoms with Crippen molar-refractivity contribution in [1.82, 2.24) is 19.4 Å². The van der Waals surface area contributed by atoms with Crippen molar-refractivity contribution < 1.29 is 9.53 Å². The van der Waals surface area contributed by atoms with Crippen LogP contribution in [0.15, 0.2) is 35.3 Å². The number of piperidine rings is 1. The Morgan fingerprint density at radius 1 is 1.13 bits per heavy atom. The minimum Gasteiger partial charge on any atom is -0.462 e. The van der Waals surface area contributed by atoms with Crippen molar-refractivity contribution in [2.75, 3.05) is 20.1 Å². The van der Waals surface area contributed by atoms with E-state index in [9.17, 15) is 9.59 Å². The molecular formula is C32H44N4O3. The van der Waals surface area contributed by atoms with Crippen LogP contribution in [0, 0.1) is 18.8 Å². The van der Waals surface area contributed by atoms with Crippen molar-refractivity contribution in [3.8, 4) is 11.4 Å².